The van der Waals surface area contributed by atoms with Crippen molar-refractivity contribution in [3.05, 3.63) is 70.1 Å². The molecule has 0 aliphatic carbocycles. The average Bonchev–Trinajstić information content (AvgIpc) is 3.44. The smallest absolute Gasteiger partial charge is 0.266 e. The lowest BCUT2D eigenvalue weighted by Gasteiger charge is -2.27. The average molecular weight is 510 g/mol. The molecule has 0 N–H and O–H groups in total. The number of amides is 2. The van der Waals surface area contributed by atoms with Gasteiger partial charge in [0.15, 0.2) is 0 Å². The maximum absolute atomic E-state index is 13.4. The largest absolute Gasteiger partial charge is 0.378 e. The number of anilines is 1. The van der Waals surface area contributed by atoms with E-state index in [0.29, 0.717) is 22.3 Å². The maximum atomic E-state index is 13.4. The van der Waals surface area contributed by atoms with Crippen LogP contribution in [0.5, 0.6) is 0 Å². The highest BCUT2D eigenvalue weighted by Crippen LogP contribution is 2.32. The van der Waals surface area contributed by atoms with Crippen LogP contribution in [-0.4, -0.2) is 65.8 Å². The number of aryl methyl sites for hydroxylation is 1. The number of carbonyl (C=O) groups excluding carboxylic acids is 2. The van der Waals surface area contributed by atoms with Crippen molar-refractivity contribution in [2.24, 2.45) is 0 Å². The van der Waals surface area contributed by atoms with Crippen LogP contribution in [0.3, 0.4) is 0 Å². The van der Waals surface area contributed by atoms with E-state index in [1.165, 1.54) is 16.7 Å². The highest BCUT2D eigenvalue weighted by molar-refractivity contribution is 8.26. The van der Waals surface area contributed by atoms with Crippen LogP contribution in [0.1, 0.15) is 29.5 Å². The molecule has 0 bridgehead atoms. The Bertz CT molecular complexity index is 1110. The Kier molecular flexibility index (Phi) is 8.26. The minimum Gasteiger partial charge on any atom is -0.378 e. The summed E-state index contributed by atoms with van der Waals surface area (Å²) in [5.41, 5.74) is 4.22. The third-order valence-corrected chi connectivity index (χ3v) is 7.55. The van der Waals surface area contributed by atoms with Gasteiger partial charge in [0, 0.05) is 39.5 Å². The van der Waals surface area contributed by atoms with Gasteiger partial charge in [0.1, 0.15) is 10.9 Å². The van der Waals surface area contributed by atoms with Gasteiger partial charge in [-0.3, -0.25) is 14.5 Å². The topological polar surface area (TPSA) is 53.1 Å². The van der Waals surface area contributed by atoms with Crippen LogP contribution < -0.4 is 4.90 Å². The Labute approximate surface area is 216 Å². The standard InChI is InChI=1S/C27H31N3O3S2/c1-19-6-8-20(9-7-19)15-24-26(32)30(27(34)35-24)18-25(31)29(17-23-5-4-14-33-23)16-21-10-12-22(13-11-21)28(2)3/h6-13,15,23H,4-5,14,16-18H2,1-3H3/b24-15-. The Morgan fingerprint density at radius 3 is 2.51 bits per heavy atom. The molecule has 35 heavy (non-hydrogen) atoms. The predicted octanol–water partition coefficient (Wildman–Crippen LogP) is 4.47. The molecule has 2 aromatic rings. The normalized spacial score (nSPS) is 19.0. The van der Waals surface area contributed by atoms with Crippen molar-refractivity contribution < 1.29 is 14.3 Å². The van der Waals surface area contributed by atoms with E-state index in [0.717, 1.165) is 41.8 Å². The molecule has 0 saturated carbocycles. The first-order valence-corrected chi connectivity index (χ1v) is 13.0. The SMILES string of the molecule is Cc1ccc(/C=C2\SC(=S)N(CC(=O)N(Cc3ccc(N(C)C)cc3)CC3CCCO3)C2=O)cc1. The molecule has 4 rings (SSSR count). The number of ether oxygens (including phenoxy) is 1. The number of hydrogen-bond acceptors (Lipinski definition) is 6. The minimum absolute atomic E-state index is 0.0209. The van der Waals surface area contributed by atoms with Crippen molar-refractivity contribution in [2.45, 2.75) is 32.4 Å². The van der Waals surface area contributed by atoms with Crippen LogP contribution >= 0.6 is 24.0 Å². The summed E-state index contributed by atoms with van der Waals surface area (Å²) >= 11 is 6.72. The first kappa shape index (κ1) is 25.4. The maximum Gasteiger partial charge on any atom is 0.266 e. The molecule has 2 fully saturated rings. The van der Waals surface area contributed by atoms with E-state index in [1.807, 2.05) is 80.5 Å². The quantitative estimate of drug-likeness (QED) is 0.387. The number of benzene rings is 2. The van der Waals surface area contributed by atoms with Crippen LogP contribution in [0.15, 0.2) is 53.4 Å². The molecule has 2 saturated heterocycles. The van der Waals surface area contributed by atoms with Gasteiger partial charge < -0.3 is 14.5 Å². The van der Waals surface area contributed by atoms with Crippen molar-refractivity contribution in [3.63, 3.8) is 0 Å². The highest BCUT2D eigenvalue weighted by Gasteiger charge is 2.35. The van der Waals surface area contributed by atoms with Crippen molar-refractivity contribution in [3.8, 4) is 0 Å². The zero-order valence-corrected chi connectivity index (χ0v) is 22.0. The van der Waals surface area contributed by atoms with E-state index >= 15 is 0 Å². The van der Waals surface area contributed by atoms with E-state index in [2.05, 4.69) is 0 Å². The molecule has 1 atom stereocenters. The molecule has 2 amide bonds. The van der Waals surface area contributed by atoms with Gasteiger partial charge in [-0.05, 0) is 49.1 Å². The third-order valence-electron chi connectivity index (χ3n) is 6.17. The summed E-state index contributed by atoms with van der Waals surface area (Å²) in [5, 5.41) is 0. The van der Waals surface area contributed by atoms with Crippen molar-refractivity contribution in [1.29, 1.82) is 0 Å². The van der Waals surface area contributed by atoms with Crippen molar-refractivity contribution in [1.82, 2.24) is 9.80 Å². The summed E-state index contributed by atoms with van der Waals surface area (Å²) in [4.78, 5) is 32.3. The Morgan fingerprint density at radius 2 is 1.89 bits per heavy atom. The summed E-state index contributed by atoms with van der Waals surface area (Å²) in [5.74, 6) is -0.355. The fourth-order valence-electron chi connectivity index (χ4n) is 4.09. The lowest BCUT2D eigenvalue weighted by Crippen LogP contribution is -2.44. The van der Waals surface area contributed by atoms with Gasteiger partial charge in [0.2, 0.25) is 5.91 Å². The second kappa shape index (κ2) is 11.4. The van der Waals surface area contributed by atoms with Crippen LogP contribution in [-0.2, 0) is 20.9 Å². The predicted molar refractivity (Wildman–Crippen MR) is 146 cm³/mol. The summed E-state index contributed by atoms with van der Waals surface area (Å²) in [6.07, 6.45) is 3.79. The third kappa shape index (κ3) is 6.51. The molecule has 8 heteroatoms. The molecule has 2 aliphatic rings. The number of nitrogens with zero attached hydrogens (tertiary/aromatic N) is 3. The van der Waals surface area contributed by atoms with Gasteiger partial charge in [0.25, 0.3) is 5.91 Å². The number of rotatable bonds is 8. The summed E-state index contributed by atoms with van der Waals surface area (Å²) in [6.45, 7) is 3.64. The zero-order valence-electron chi connectivity index (χ0n) is 20.4. The van der Waals surface area contributed by atoms with Crippen LogP contribution in [0, 0.1) is 6.92 Å². The second-order valence-electron chi connectivity index (χ2n) is 9.15. The van der Waals surface area contributed by atoms with Gasteiger partial charge in [-0.15, -0.1) is 0 Å². The minimum atomic E-state index is -0.221. The number of thiocarbonyl (C=S) groups is 1. The highest BCUT2D eigenvalue weighted by atomic mass is 32.2. The first-order chi connectivity index (χ1) is 16.8. The monoisotopic (exact) mass is 509 g/mol. The van der Waals surface area contributed by atoms with Crippen molar-refractivity contribution >= 4 is 51.9 Å². The van der Waals surface area contributed by atoms with E-state index in [-0.39, 0.29) is 24.5 Å². The molecule has 2 aromatic carbocycles. The van der Waals surface area contributed by atoms with Crippen LogP contribution in [0.25, 0.3) is 6.08 Å². The molecule has 0 radical (unpaired) electrons. The molecular weight excluding hydrogens is 478 g/mol. The molecule has 2 aliphatic heterocycles. The summed E-state index contributed by atoms with van der Waals surface area (Å²) < 4.78 is 6.22. The summed E-state index contributed by atoms with van der Waals surface area (Å²) in [6, 6.07) is 16.1. The Hall–Kier alpha value is -2.68. The fraction of sp³-hybridized carbons (Fsp3) is 0.370. The van der Waals surface area contributed by atoms with E-state index < -0.39 is 0 Å². The van der Waals surface area contributed by atoms with Gasteiger partial charge in [-0.25, -0.2) is 0 Å². The fourth-order valence-corrected chi connectivity index (χ4v) is 5.35. The Balaban J connectivity index is 1.47. The van der Waals surface area contributed by atoms with Gasteiger partial charge >= 0.3 is 0 Å². The molecule has 6 nitrogen and oxygen atoms in total. The lowest BCUT2D eigenvalue weighted by molar-refractivity contribution is -0.137. The lowest BCUT2D eigenvalue weighted by atomic mass is 10.1. The zero-order chi connectivity index (χ0) is 24.9. The molecule has 184 valence electrons. The summed E-state index contributed by atoms with van der Waals surface area (Å²) in [7, 11) is 4.00. The molecule has 0 spiro atoms. The van der Waals surface area contributed by atoms with Gasteiger partial charge in [0.05, 0.1) is 11.0 Å². The molecule has 1 unspecified atom stereocenters. The van der Waals surface area contributed by atoms with E-state index in [4.69, 9.17) is 17.0 Å². The molecule has 0 aromatic heterocycles. The number of hydrogen-bond donors (Lipinski definition) is 0. The number of thioether (sulfide) groups is 1. The van der Waals surface area contributed by atoms with Crippen LogP contribution in [0.4, 0.5) is 5.69 Å². The van der Waals surface area contributed by atoms with E-state index in [9.17, 15) is 9.59 Å². The van der Waals surface area contributed by atoms with E-state index in [1.54, 1.807) is 4.90 Å². The van der Waals surface area contributed by atoms with Gasteiger partial charge in [-0.1, -0.05) is 65.9 Å². The first-order valence-electron chi connectivity index (χ1n) is 11.8. The van der Waals surface area contributed by atoms with Crippen LogP contribution in [0.2, 0.25) is 0 Å². The van der Waals surface area contributed by atoms with Crippen molar-refractivity contribution in [2.75, 3.05) is 38.7 Å². The number of carbonyl (C=O) groups is 2. The Morgan fingerprint density at radius 1 is 1.17 bits per heavy atom. The molecular formula is C27H31N3O3S2. The van der Waals surface area contributed by atoms with Gasteiger partial charge in [-0.2, -0.15) is 0 Å². The molecule has 2 heterocycles. The second-order valence-corrected chi connectivity index (χ2v) is 10.8.